The van der Waals surface area contributed by atoms with Gasteiger partial charge in [-0.1, -0.05) is 27.7 Å². The number of hydrogen-bond donors (Lipinski definition) is 4. The maximum Gasteiger partial charge on any atom is 0.303 e. The largest absolute Gasteiger partial charge is 0.481 e. The Morgan fingerprint density at radius 3 is 1.32 bits per heavy atom. The number of rotatable bonds is 14. The lowest BCUT2D eigenvalue weighted by atomic mass is 9.82. The van der Waals surface area contributed by atoms with Crippen LogP contribution in [-0.4, -0.2) is 44.6 Å². The van der Waals surface area contributed by atoms with Crippen LogP contribution >= 0.6 is 0 Å². The fourth-order valence-corrected chi connectivity index (χ4v) is 2.99. The summed E-state index contributed by atoms with van der Waals surface area (Å²) in [6.07, 6.45) is 3.48. The Hall–Kier alpha value is -1.14. The van der Waals surface area contributed by atoms with E-state index in [-0.39, 0.29) is 23.7 Å². The van der Waals surface area contributed by atoms with Crippen LogP contribution in [0.5, 0.6) is 0 Å². The molecule has 0 aromatic heterocycles. The molecule has 0 aliphatic carbocycles. The van der Waals surface area contributed by atoms with E-state index < -0.39 is 24.1 Å². The van der Waals surface area contributed by atoms with Gasteiger partial charge in [-0.15, -0.1) is 0 Å². The first kappa shape index (κ1) is 23.9. The van der Waals surface area contributed by atoms with Crippen LogP contribution in [0, 0.1) is 10.8 Å². The summed E-state index contributed by atoms with van der Waals surface area (Å²) < 4.78 is 0. The van der Waals surface area contributed by atoms with Crippen LogP contribution < -0.4 is 0 Å². The van der Waals surface area contributed by atoms with Gasteiger partial charge in [0, 0.05) is 0 Å². The molecule has 0 spiro atoms. The van der Waals surface area contributed by atoms with Crippen molar-refractivity contribution >= 4 is 11.9 Å². The molecule has 0 radical (unpaired) electrons. The monoisotopic (exact) mass is 360 g/mol. The summed E-state index contributed by atoms with van der Waals surface area (Å²) in [4.78, 5) is 21.5. The van der Waals surface area contributed by atoms with E-state index in [0.717, 1.165) is 0 Å². The molecule has 0 bridgehead atoms. The second-order valence-corrected chi connectivity index (χ2v) is 8.79. The van der Waals surface area contributed by atoms with Crippen molar-refractivity contribution in [2.24, 2.45) is 10.8 Å². The van der Waals surface area contributed by atoms with Gasteiger partial charge in [0.2, 0.25) is 0 Å². The Balaban J connectivity index is 3.94. The fraction of sp³-hybridized carbons (Fsp3) is 0.895. The Labute approximate surface area is 151 Å². The molecule has 0 saturated carbocycles. The van der Waals surface area contributed by atoms with Gasteiger partial charge < -0.3 is 20.4 Å². The highest BCUT2D eigenvalue weighted by molar-refractivity contribution is 5.67. The highest BCUT2D eigenvalue weighted by atomic mass is 16.4. The number of hydrogen-bond acceptors (Lipinski definition) is 4. The molecule has 0 saturated heterocycles. The second-order valence-electron chi connectivity index (χ2n) is 8.79. The lowest BCUT2D eigenvalue weighted by molar-refractivity contribution is -0.140. The number of carbonyl (C=O) groups is 2. The third kappa shape index (κ3) is 13.8. The maximum atomic E-state index is 10.8. The minimum absolute atomic E-state index is 0.0879. The first-order chi connectivity index (χ1) is 11.3. The molecule has 0 rings (SSSR count). The SMILES string of the molecule is CC(C)(CCC(O)CCCC(O)CCC(C)(C)CC(=O)O)CC(=O)O. The Morgan fingerprint density at radius 1 is 0.720 bits per heavy atom. The van der Waals surface area contributed by atoms with Crippen LogP contribution in [0.2, 0.25) is 0 Å². The maximum absolute atomic E-state index is 10.8. The molecule has 2 unspecified atom stereocenters. The van der Waals surface area contributed by atoms with Crippen LogP contribution in [0.25, 0.3) is 0 Å². The van der Waals surface area contributed by atoms with Gasteiger partial charge in [-0.25, -0.2) is 0 Å². The van der Waals surface area contributed by atoms with Gasteiger partial charge in [-0.05, 0) is 55.8 Å². The van der Waals surface area contributed by atoms with Crippen molar-refractivity contribution in [1.29, 1.82) is 0 Å². The van der Waals surface area contributed by atoms with Crippen LogP contribution in [0.3, 0.4) is 0 Å². The highest BCUT2D eigenvalue weighted by Crippen LogP contribution is 2.29. The average Bonchev–Trinajstić information content (AvgIpc) is 2.40. The first-order valence-corrected chi connectivity index (χ1v) is 9.13. The zero-order chi connectivity index (χ0) is 19.7. The Morgan fingerprint density at radius 2 is 1.04 bits per heavy atom. The van der Waals surface area contributed by atoms with Crippen LogP contribution in [0.15, 0.2) is 0 Å². The molecule has 0 aliphatic rings. The number of aliphatic hydroxyl groups excluding tert-OH is 2. The van der Waals surface area contributed by atoms with E-state index in [1.165, 1.54) is 0 Å². The molecule has 0 aromatic rings. The predicted molar refractivity (Wildman–Crippen MR) is 96.4 cm³/mol. The molecule has 6 heteroatoms. The van der Waals surface area contributed by atoms with Crippen molar-refractivity contribution in [1.82, 2.24) is 0 Å². The Kier molecular flexibility index (Phi) is 10.3. The standard InChI is InChI=1S/C19H36O6/c1-18(2,12-16(22)23)10-8-14(20)6-5-7-15(21)9-11-19(3,4)13-17(24)25/h14-15,20-21H,5-13H2,1-4H3,(H,22,23)(H,24,25). The smallest absolute Gasteiger partial charge is 0.303 e. The van der Waals surface area contributed by atoms with E-state index >= 15 is 0 Å². The molecule has 0 heterocycles. The van der Waals surface area contributed by atoms with E-state index in [4.69, 9.17) is 10.2 Å². The van der Waals surface area contributed by atoms with E-state index in [0.29, 0.717) is 44.9 Å². The summed E-state index contributed by atoms with van der Waals surface area (Å²) >= 11 is 0. The lowest BCUT2D eigenvalue weighted by Gasteiger charge is -2.24. The van der Waals surface area contributed by atoms with Gasteiger partial charge in [-0.3, -0.25) is 9.59 Å². The van der Waals surface area contributed by atoms with Crippen LogP contribution in [0.1, 0.15) is 85.5 Å². The number of aliphatic hydroxyl groups is 2. The zero-order valence-corrected chi connectivity index (χ0v) is 16.1. The van der Waals surface area contributed by atoms with Crippen LogP contribution in [0.4, 0.5) is 0 Å². The number of carboxylic acid groups (broad SMARTS) is 2. The van der Waals surface area contributed by atoms with Gasteiger partial charge in [0.15, 0.2) is 0 Å². The quantitative estimate of drug-likeness (QED) is 0.377. The van der Waals surface area contributed by atoms with Gasteiger partial charge in [-0.2, -0.15) is 0 Å². The minimum Gasteiger partial charge on any atom is -0.481 e. The second kappa shape index (κ2) is 10.8. The van der Waals surface area contributed by atoms with E-state index in [9.17, 15) is 19.8 Å². The molecule has 148 valence electrons. The van der Waals surface area contributed by atoms with Gasteiger partial charge in [0.05, 0.1) is 25.0 Å². The number of carboxylic acids is 2. The van der Waals surface area contributed by atoms with E-state index in [1.807, 2.05) is 27.7 Å². The molecule has 0 aromatic carbocycles. The fourth-order valence-electron chi connectivity index (χ4n) is 2.99. The third-order valence-electron chi connectivity index (χ3n) is 4.64. The molecule has 25 heavy (non-hydrogen) atoms. The van der Waals surface area contributed by atoms with Gasteiger partial charge in [0.25, 0.3) is 0 Å². The molecular formula is C19H36O6. The van der Waals surface area contributed by atoms with E-state index in [1.54, 1.807) is 0 Å². The predicted octanol–water partition coefficient (Wildman–Crippen LogP) is 3.44. The van der Waals surface area contributed by atoms with Crippen molar-refractivity contribution < 1.29 is 30.0 Å². The molecule has 0 amide bonds. The normalized spacial score (nSPS) is 15.0. The third-order valence-corrected chi connectivity index (χ3v) is 4.64. The summed E-state index contributed by atoms with van der Waals surface area (Å²) in [5, 5.41) is 37.7. The summed E-state index contributed by atoms with van der Waals surface area (Å²) in [7, 11) is 0. The summed E-state index contributed by atoms with van der Waals surface area (Å²) in [5.41, 5.74) is -0.663. The van der Waals surface area contributed by atoms with Crippen molar-refractivity contribution in [3.8, 4) is 0 Å². The van der Waals surface area contributed by atoms with Crippen LogP contribution in [-0.2, 0) is 9.59 Å². The topological polar surface area (TPSA) is 115 Å². The average molecular weight is 360 g/mol. The highest BCUT2D eigenvalue weighted by Gasteiger charge is 2.24. The molecule has 6 nitrogen and oxygen atoms in total. The van der Waals surface area contributed by atoms with Gasteiger partial charge in [0.1, 0.15) is 0 Å². The van der Waals surface area contributed by atoms with Crippen molar-refractivity contribution in [2.45, 2.75) is 97.7 Å². The molecule has 0 fully saturated rings. The summed E-state index contributed by atoms with van der Waals surface area (Å²) in [5.74, 6) is -1.65. The summed E-state index contributed by atoms with van der Waals surface area (Å²) in [6.45, 7) is 7.54. The molecular weight excluding hydrogens is 324 g/mol. The van der Waals surface area contributed by atoms with Crippen molar-refractivity contribution in [2.75, 3.05) is 0 Å². The van der Waals surface area contributed by atoms with Gasteiger partial charge >= 0.3 is 11.9 Å². The first-order valence-electron chi connectivity index (χ1n) is 9.13. The summed E-state index contributed by atoms with van der Waals surface area (Å²) in [6, 6.07) is 0. The molecule has 0 aliphatic heterocycles. The van der Waals surface area contributed by atoms with Crippen molar-refractivity contribution in [3.63, 3.8) is 0 Å². The molecule has 4 N–H and O–H groups in total. The van der Waals surface area contributed by atoms with Crippen molar-refractivity contribution in [3.05, 3.63) is 0 Å². The lowest BCUT2D eigenvalue weighted by Crippen LogP contribution is -2.21. The Bertz CT molecular complexity index is 378. The number of aliphatic carboxylic acids is 2. The molecule has 2 atom stereocenters. The zero-order valence-electron chi connectivity index (χ0n) is 16.1. The van der Waals surface area contributed by atoms with E-state index in [2.05, 4.69) is 0 Å². The minimum atomic E-state index is -0.826.